The maximum absolute atomic E-state index is 12.7. The molecule has 1 unspecified atom stereocenters. The van der Waals surface area contributed by atoms with Crippen molar-refractivity contribution in [1.82, 2.24) is 15.5 Å². The molecule has 1 atom stereocenters. The van der Waals surface area contributed by atoms with Gasteiger partial charge in [-0.05, 0) is 41.3 Å². The lowest BCUT2D eigenvalue weighted by Crippen LogP contribution is -2.52. The van der Waals surface area contributed by atoms with Gasteiger partial charge in [-0.15, -0.1) is 0 Å². The number of imide groups is 1. The van der Waals surface area contributed by atoms with Gasteiger partial charge in [-0.3, -0.25) is 19.7 Å². The van der Waals surface area contributed by atoms with Crippen LogP contribution >= 0.6 is 0 Å². The van der Waals surface area contributed by atoms with E-state index in [2.05, 4.69) is 28.1 Å². The SMILES string of the molecule is CNc1ccc(CNCc2ccc3c(c2)CN(C2CCC(=O)NC2=O)C3=O)cc1. The van der Waals surface area contributed by atoms with E-state index in [1.54, 1.807) is 4.90 Å². The number of nitrogens with zero attached hydrogens (tertiary/aromatic N) is 1. The van der Waals surface area contributed by atoms with Crippen molar-refractivity contribution >= 4 is 23.4 Å². The van der Waals surface area contributed by atoms with Crippen LogP contribution in [0.5, 0.6) is 0 Å². The molecule has 2 aliphatic rings. The van der Waals surface area contributed by atoms with Gasteiger partial charge in [0.25, 0.3) is 5.91 Å². The fourth-order valence-corrected chi connectivity index (χ4v) is 3.88. The molecule has 4 rings (SSSR count). The molecule has 1 fully saturated rings. The molecule has 0 bridgehead atoms. The summed E-state index contributed by atoms with van der Waals surface area (Å²) in [5, 5.41) is 8.86. The average molecular weight is 392 g/mol. The summed E-state index contributed by atoms with van der Waals surface area (Å²) < 4.78 is 0. The van der Waals surface area contributed by atoms with Crippen LogP contribution in [0, 0.1) is 0 Å². The molecule has 0 spiro atoms. The summed E-state index contributed by atoms with van der Waals surface area (Å²) in [4.78, 5) is 37.8. The van der Waals surface area contributed by atoms with Gasteiger partial charge in [0.05, 0.1) is 0 Å². The van der Waals surface area contributed by atoms with Crippen LogP contribution in [0.3, 0.4) is 0 Å². The number of carbonyl (C=O) groups excluding carboxylic acids is 3. The zero-order valence-electron chi connectivity index (χ0n) is 16.3. The fraction of sp³-hybridized carbons (Fsp3) is 0.318. The molecule has 7 nitrogen and oxygen atoms in total. The first kappa shape index (κ1) is 19.1. The summed E-state index contributed by atoms with van der Waals surface area (Å²) in [6, 6.07) is 13.5. The molecule has 1 saturated heterocycles. The van der Waals surface area contributed by atoms with Crippen molar-refractivity contribution in [2.45, 2.75) is 38.5 Å². The van der Waals surface area contributed by atoms with Crippen LogP contribution in [0.4, 0.5) is 5.69 Å². The summed E-state index contributed by atoms with van der Waals surface area (Å²) in [6.07, 6.45) is 0.645. The van der Waals surface area contributed by atoms with Crippen LogP contribution in [-0.4, -0.2) is 35.7 Å². The highest BCUT2D eigenvalue weighted by molar-refractivity contribution is 6.05. The van der Waals surface area contributed by atoms with E-state index in [4.69, 9.17) is 0 Å². The van der Waals surface area contributed by atoms with Gasteiger partial charge in [0.1, 0.15) is 6.04 Å². The molecule has 0 saturated carbocycles. The van der Waals surface area contributed by atoms with E-state index >= 15 is 0 Å². The Hall–Kier alpha value is -3.19. The summed E-state index contributed by atoms with van der Waals surface area (Å²) in [6.45, 7) is 1.84. The van der Waals surface area contributed by atoms with Crippen LogP contribution in [0.25, 0.3) is 0 Å². The van der Waals surface area contributed by atoms with Crippen molar-refractivity contribution in [3.63, 3.8) is 0 Å². The van der Waals surface area contributed by atoms with Crippen molar-refractivity contribution < 1.29 is 14.4 Å². The lowest BCUT2D eigenvalue weighted by Gasteiger charge is -2.29. The van der Waals surface area contributed by atoms with Gasteiger partial charge in [-0.1, -0.05) is 24.3 Å². The van der Waals surface area contributed by atoms with E-state index in [-0.39, 0.29) is 24.1 Å². The third-order valence-electron chi connectivity index (χ3n) is 5.49. The Kier molecular flexibility index (Phi) is 5.31. The van der Waals surface area contributed by atoms with Gasteiger partial charge in [-0.25, -0.2) is 0 Å². The standard InChI is InChI=1S/C22H24N4O3/c1-23-17-5-2-14(3-6-17)11-24-12-15-4-7-18-16(10-15)13-26(22(18)29)19-8-9-20(27)25-21(19)28/h2-7,10,19,23-24H,8-9,11-13H2,1H3,(H,25,27,28). The Morgan fingerprint density at radius 1 is 1.03 bits per heavy atom. The lowest BCUT2D eigenvalue weighted by molar-refractivity contribution is -0.136. The summed E-state index contributed by atoms with van der Waals surface area (Å²) >= 11 is 0. The molecular formula is C22H24N4O3. The monoisotopic (exact) mass is 392 g/mol. The predicted octanol–water partition coefficient (Wildman–Crippen LogP) is 1.78. The molecule has 3 N–H and O–H groups in total. The van der Waals surface area contributed by atoms with Crippen LogP contribution in [-0.2, 0) is 29.2 Å². The second-order valence-electron chi connectivity index (χ2n) is 7.44. The number of piperidine rings is 1. The van der Waals surface area contributed by atoms with Crippen LogP contribution in [0.15, 0.2) is 42.5 Å². The Morgan fingerprint density at radius 3 is 2.48 bits per heavy atom. The molecule has 150 valence electrons. The predicted molar refractivity (Wildman–Crippen MR) is 109 cm³/mol. The minimum atomic E-state index is -0.574. The number of rotatable bonds is 6. The van der Waals surface area contributed by atoms with Gasteiger partial charge < -0.3 is 15.5 Å². The molecule has 0 radical (unpaired) electrons. The number of fused-ring (bicyclic) bond motifs is 1. The van der Waals surface area contributed by atoms with Crippen LogP contribution < -0.4 is 16.0 Å². The van der Waals surface area contributed by atoms with Gasteiger partial charge in [0.15, 0.2) is 0 Å². The first-order chi connectivity index (χ1) is 14.0. The highest BCUT2D eigenvalue weighted by atomic mass is 16.2. The van der Waals surface area contributed by atoms with E-state index in [9.17, 15) is 14.4 Å². The summed E-state index contributed by atoms with van der Waals surface area (Å²) in [5.41, 5.74) is 4.94. The van der Waals surface area contributed by atoms with E-state index in [0.29, 0.717) is 25.1 Å². The number of amides is 3. The van der Waals surface area contributed by atoms with Crippen molar-refractivity contribution in [2.75, 3.05) is 12.4 Å². The van der Waals surface area contributed by atoms with Crippen LogP contribution in [0.1, 0.15) is 39.9 Å². The Balaban J connectivity index is 1.38. The summed E-state index contributed by atoms with van der Waals surface area (Å²) in [7, 11) is 1.90. The largest absolute Gasteiger partial charge is 0.388 e. The molecule has 0 aromatic heterocycles. The molecule has 3 amide bonds. The number of hydrogen-bond donors (Lipinski definition) is 3. The number of benzene rings is 2. The Labute approximate surface area is 169 Å². The first-order valence-electron chi connectivity index (χ1n) is 9.79. The van der Waals surface area contributed by atoms with Gasteiger partial charge in [0, 0.05) is 44.4 Å². The normalized spacial score (nSPS) is 18.6. The third kappa shape index (κ3) is 4.00. The molecule has 2 heterocycles. The second-order valence-corrected chi connectivity index (χ2v) is 7.44. The highest BCUT2D eigenvalue weighted by Gasteiger charge is 2.38. The molecular weight excluding hydrogens is 368 g/mol. The smallest absolute Gasteiger partial charge is 0.255 e. The third-order valence-corrected chi connectivity index (χ3v) is 5.49. The molecule has 7 heteroatoms. The maximum Gasteiger partial charge on any atom is 0.255 e. The molecule has 0 aliphatic carbocycles. The summed E-state index contributed by atoms with van der Waals surface area (Å²) in [5.74, 6) is -0.795. The van der Waals surface area contributed by atoms with E-state index in [1.165, 1.54) is 5.56 Å². The molecule has 29 heavy (non-hydrogen) atoms. The Morgan fingerprint density at radius 2 is 1.76 bits per heavy atom. The highest BCUT2D eigenvalue weighted by Crippen LogP contribution is 2.28. The van der Waals surface area contributed by atoms with Crippen LogP contribution in [0.2, 0.25) is 0 Å². The van der Waals surface area contributed by atoms with E-state index < -0.39 is 6.04 Å². The maximum atomic E-state index is 12.7. The number of nitrogens with one attached hydrogen (secondary N) is 3. The minimum Gasteiger partial charge on any atom is -0.388 e. The Bertz CT molecular complexity index is 955. The molecule has 2 aromatic carbocycles. The second kappa shape index (κ2) is 8.05. The van der Waals surface area contributed by atoms with Crippen molar-refractivity contribution in [3.05, 3.63) is 64.7 Å². The van der Waals surface area contributed by atoms with E-state index in [1.807, 2.05) is 37.4 Å². The van der Waals surface area contributed by atoms with Crippen molar-refractivity contribution in [1.29, 1.82) is 0 Å². The fourth-order valence-electron chi connectivity index (χ4n) is 3.88. The van der Waals surface area contributed by atoms with Gasteiger partial charge in [-0.2, -0.15) is 0 Å². The number of anilines is 1. The molecule has 2 aromatic rings. The van der Waals surface area contributed by atoms with Gasteiger partial charge >= 0.3 is 0 Å². The van der Waals surface area contributed by atoms with Gasteiger partial charge in [0.2, 0.25) is 11.8 Å². The van der Waals surface area contributed by atoms with E-state index in [0.717, 1.165) is 23.4 Å². The van der Waals surface area contributed by atoms with Crippen molar-refractivity contribution in [2.24, 2.45) is 0 Å². The minimum absolute atomic E-state index is 0.140. The van der Waals surface area contributed by atoms with Crippen molar-refractivity contribution in [3.8, 4) is 0 Å². The topological polar surface area (TPSA) is 90.5 Å². The lowest BCUT2D eigenvalue weighted by atomic mass is 10.0. The number of carbonyl (C=O) groups is 3. The number of hydrogen-bond acceptors (Lipinski definition) is 5. The zero-order valence-corrected chi connectivity index (χ0v) is 16.3. The molecule has 2 aliphatic heterocycles. The zero-order chi connectivity index (χ0) is 20.4. The first-order valence-corrected chi connectivity index (χ1v) is 9.79. The average Bonchev–Trinajstić information content (AvgIpc) is 3.04. The quantitative estimate of drug-likeness (QED) is 0.652.